The minimum atomic E-state index is -0.894. The van der Waals surface area contributed by atoms with Crippen LogP contribution in [0.1, 0.15) is 6.92 Å². The van der Waals surface area contributed by atoms with E-state index in [-0.39, 0.29) is 0 Å². The van der Waals surface area contributed by atoms with Crippen molar-refractivity contribution in [2.75, 3.05) is 10.5 Å². The Hall–Kier alpha value is 0.0569. The van der Waals surface area contributed by atoms with Gasteiger partial charge >= 0.3 is 0 Å². The summed E-state index contributed by atoms with van der Waals surface area (Å²) in [6.45, 7) is 10.3. The second kappa shape index (κ2) is 5.96. The number of thioether (sulfide) groups is 2. The average Bonchev–Trinajstić information content (AvgIpc) is 2.58. The van der Waals surface area contributed by atoms with Crippen LogP contribution in [0, 0.1) is 0 Å². The lowest BCUT2D eigenvalue weighted by Gasteiger charge is -2.14. The van der Waals surface area contributed by atoms with Crippen LogP contribution in [-0.2, 0) is 6.54 Å². The van der Waals surface area contributed by atoms with E-state index >= 15 is 0 Å². The number of aromatic nitrogens is 3. The SMILES string of the molecule is CCn1cnnc1SCSC[Si](C)(C)C. The molecule has 0 saturated heterocycles. The van der Waals surface area contributed by atoms with Crippen LogP contribution in [0.5, 0.6) is 0 Å². The van der Waals surface area contributed by atoms with Crippen molar-refractivity contribution in [2.45, 2.75) is 38.3 Å². The Kier molecular flexibility index (Phi) is 5.21. The third kappa shape index (κ3) is 5.08. The number of hydrogen-bond acceptors (Lipinski definition) is 4. The summed E-state index contributed by atoms with van der Waals surface area (Å²) in [4.78, 5) is 0. The molecule has 1 heterocycles. The highest BCUT2D eigenvalue weighted by Crippen LogP contribution is 2.22. The molecule has 0 aromatic carbocycles. The molecule has 0 fully saturated rings. The van der Waals surface area contributed by atoms with Crippen molar-refractivity contribution in [2.24, 2.45) is 0 Å². The van der Waals surface area contributed by atoms with Crippen LogP contribution >= 0.6 is 23.5 Å². The fourth-order valence-electron chi connectivity index (χ4n) is 1.02. The first-order chi connectivity index (χ1) is 7.03. The van der Waals surface area contributed by atoms with Gasteiger partial charge in [-0.3, -0.25) is 0 Å². The maximum atomic E-state index is 4.09. The van der Waals surface area contributed by atoms with Crippen LogP contribution in [0.2, 0.25) is 19.6 Å². The molecule has 3 nitrogen and oxygen atoms in total. The van der Waals surface area contributed by atoms with Gasteiger partial charge in [0.25, 0.3) is 0 Å². The minimum Gasteiger partial charge on any atom is -0.309 e. The van der Waals surface area contributed by atoms with E-state index in [0.29, 0.717) is 0 Å². The number of rotatable bonds is 6. The smallest absolute Gasteiger partial charge is 0.191 e. The number of hydrogen-bond donors (Lipinski definition) is 0. The second-order valence-electron chi connectivity index (χ2n) is 4.57. The van der Waals surface area contributed by atoms with Gasteiger partial charge in [0.2, 0.25) is 0 Å². The summed E-state index contributed by atoms with van der Waals surface area (Å²) >= 11 is 3.81. The van der Waals surface area contributed by atoms with Crippen molar-refractivity contribution in [3.05, 3.63) is 6.33 Å². The molecule has 15 heavy (non-hydrogen) atoms. The first-order valence-corrected chi connectivity index (χ1v) is 11.0. The second-order valence-corrected chi connectivity index (χ2v) is 12.9. The molecular formula is C9H19N3S2Si. The monoisotopic (exact) mass is 261 g/mol. The lowest BCUT2D eigenvalue weighted by atomic mass is 10.7. The molecule has 0 unspecified atom stereocenters. The van der Waals surface area contributed by atoms with Gasteiger partial charge in [-0.25, -0.2) is 0 Å². The maximum Gasteiger partial charge on any atom is 0.191 e. The Morgan fingerprint density at radius 1 is 1.40 bits per heavy atom. The van der Waals surface area contributed by atoms with Gasteiger partial charge in [-0.05, 0) is 12.3 Å². The van der Waals surface area contributed by atoms with E-state index in [2.05, 4.69) is 41.3 Å². The van der Waals surface area contributed by atoms with Gasteiger partial charge in [0, 0.05) is 11.6 Å². The number of aryl methyl sites for hydroxylation is 1. The molecule has 1 aromatic heterocycles. The van der Waals surface area contributed by atoms with Crippen molar-refractivity contribution in [3.63, 3.8) is 0 Å². The first kappa shape index (κ1) is 13.1. The largest absolute Gasteiger partial charge is 0.309 e. The predicted molar refractivity (Wildman–Crippen MR) is 72.2 cm³/mol. The van der Waals surface area contributed by atoms with Crippen LogP contribution in [0.4, 0.5) is 0 Å². The van der Waals surface area contributed by atoms with E-state index in [1.807, 2.05) is 11.8 Å². The van der Waals surface area contributed by atoms with E-state index in [9.17, 15) is 0 Å². The van der Waals surface area contributed by atoms with Gasteiger partial charge in [0.05, 0.1) is 8.07 Å². The van der Waals surface area contributed by atoms with E-state index < -0.39 is 8.07 Å². The van der Waals surface area contributed by atoms with Gasteiger partial charge in [-0.15, -0.1) is 10.2 Å². The highest BCUT2D eigenvalue weighted by molar-refractivity contribution is 8.16. The Morgan fingerprint density at radius 3 is 2.73 bits per heavy atom. The van der Waals surface area contributed by atoms with Crippen molar-refractivity contribution >= 4 is 31.6 Å². The minimum absolute atomic E-state index is 0.894. The Morgan fingerprint density at radius 2 is 2.13 bits per heavy atom. The molecule has 0 bridgehead atoms. The third-order valence-corrected chi connectivity index (χ3v) is 7.72. The van der Waals surface area contributed by atoms with Crippen LogP contribution in [0.15, 0.2) is 11.5 Å². The first-order valence-electron chi connectivity index (χ1n) is 5.11. The van der Waals surface area contributed by atoms with E-state index in [1.54, 1.807) is 18.1 Å². The van der Waals surface area contributed by atoms with Gasteiger partial charge in [0.15, 0.2) is 5.16 Å². The molecule has 1 aromatic rings. The molecule has 1 rings (SSSR count). The highest BCUT2D eigenvalue weighted by atomic mass is 32.2. The van der Waals surface area contributed by atoms with E-state index in [1.165, 1.54) is 5.38 Å². The average molecular weight is 261 g/mol. The van der Waals surface area contributed by atoms with E-state index in [4.69, 9.17) is 0 Å². The summed E-state index contributed by atoms with van der Waals surface area (Å²) < 4.78 is 2.08. The maximum absolute atomic E-state index is 4.09. The molecule has 0 N–H and O–H groups in total. The van der Waals surface area contributed by atoms with Gasteiger partial charge < -0.3 is 4.57 Å². The molecule has 0 aliphatic carbocycles. The summed E-state index contributed by atoms with van der Waals surface area (Å²) in [7, 11) is -0.894. The zero-order valence-corrected chi connectivity index (χ0v) is 12.5. The van der Waals surface area contributed by atoms with Crippen molar-refractivity contribution in [1.29, 1.82) is 0 Å². The zero-order valence-electron chi connectivity index (χ0n) is 9.86. The normalized spacial score (nSPS) is 12.0. The third-order valence-electron chi connectivity index (χ3n) is 1.73. The highest BCUT2D eigenvalue weighted by Gasteiger charge is 2.12. The summed E-state index contributed by atoms with van der Waals surface area (Å²) in [5.74, 6) is 0. The molecule has 0 aliphatic rings. The Labute approximate surface area is 101 Å². The number of nitrogens with zero attached hydrogens (tertiary/aromatic N) is 3. The summed E-state index contributed by atoms with van der Waals surface area (Å²) in [6, 6.07) is 0. The standard InChI is InChI=1S/C9H19N3S2Si/c1-5-12-6-10-11-9(12)14-7-13-8-15(2,3)4/h6H,5,7-8H2,1-4H3. The van der Waals surface area contributed by atoms with Gasteiger partial charge in [-0.2, -0.15) is 11.8 Å². The van der Waals surface area contributed by atoms with Crippen molar-refractivity contribution in [1.82, 2.24) is 14.8 Å². The summed E-state index contributed by atoms with van der Waals surface area (Å²) in [6.07, 6.45) is 1.80. The molecule has 6 heteroatoms. The molecule has 0 radical (unpaired) electrons. The lowest BCUT2D eigenvalue weighted by molar-refractivity contribution is 0.682. The van der Waals surface area contributed by atoms with Crippen LogP contribution < -0.4 is 0 Å². The van der Waals surface area contributed by atoms with Gasteiger partial charge in [-0.1, -0.05) is 31.4 Å². The Bertz CT molecular complexity index is 296. The molecule has 0 atom stereocenters. The van der Waals surface area contributed by atoms with Crippen molar-refractivity contribution in [3.8, 4) is 0 Å². The predicted octanol–water partition coefficient (Wildman–Crippen LogP) is 2.96. The summed E-state index contributed by atoms with van der Waals surface area (Å²) in [5, 5.41) is 11.5. The lowest BCUT2D eigenvalue weighted by Crippen LogP contribution is -2.23. The molecule has 0 saturated carbocycles. The van der Waals surface area contributed by atoms with Crippen molar-refractivity contribution < 1.29 is 0 Å². The molecule has 0 spiro atoms. The zero-order chi connectivity index (χ0) is 11.3. The van der Waals surface area contributed by atoms with Gasteiger partial charge in [0.1, 0.15) is 6.33 Å². The Balaban J connectivity index is 2.26. The molecule has 0 aliphatic heterocycles. The van der Waals surface area contributed by atoms with Crippen LogP contribution in [0.3, 0.4) is 0 Å². The summed E-state index contributed by atoms with van der Waals surface area (Å²) in [5.41, 5.74) is 0. The van der Waals surface area contributed by atoms with E-state index in [0.717, 1.165) is 16.8 Å². The fraction of sp³-hybridized carbons (Fsp3) is 0.778. The molecule has 86 valence electrons. The quantitative estimate of drug-likeness (QED) is 0.341. The van der Waals surface area contributed by atoms with Crippen LogP contribution in [0.25, 0.3) is 0 Å². The fourth-order valence-corrected chi connectivity index (χ4v) is 5.75. The molecular weight excluding hydrogens is 242 g/mol. The topological polar surface area (TPSA) is 30.7 Å². The molecule has 0 amide bonds. The van der Waals surface area contributed by atoms with Crippen LogP contribution in [-0.4, -0.2) is 33.3 Å².